The molecule has 0 fully saturated rings. The topological polar surface area (TPSA) is 38.1 Å². The first-order chi connectivity index (χ1) is 15.3. The van der Waals surface area contributed by atoms with Crippen molar-refractivity contribution >= 4 is 28.5 Å². The van der Waals surface area contributed by atoms with Crippen LogP contribution in [0.3, 0.4) is 0 Å². The van der Waals surface area contributed by atoms with Gasteiger partial charge in [-0.1, -0.05) is 54.1 Å². The van der Waals surface area contributed by atoms with Crippen molar-refractivity contribution < 1.29 is 4.79 Å². The molecule has 0 radical (unpaired) electrons. The number of nitrogens with zero attached hydrogens (tertiary/aromatic N) is 3. The molecule has 4 nitrogen and oxygen atoms in total. The van der Waals surface area contributed by atoms with Crippen molar-refractivity contribution in [3.8, 4) is 0 Å². The van der Waals surface area contributed by atoms with E-state index in [1.54, 1.807) is 4.90 Å². The highest BCUT2D eigenvalue weighted by Crippen LogP contribution is 2.27. The number of carbonyl (C=O) groups excluding carboxylic acids is 1. The molecule has 0 saturated carbocycles. The van der Waals surface area contributed by atoms with Gasteiger partial charge in [0.25, 0.3) is 0 Å². The summed E-state index contributed by atoms with van der Waals surface area (Å²) in [5.74, 6) is 0.917. The zero-order valence-corrected chi connectivity index (χ0v) is 19.7. The molecule has 4 aromatic rings. The van der Waals surface area contributed by atoms with Crippen LogP contribution in [-0.4, -0.2) is 27.4 Å². The van der Waals surface area contributed by atoms with E-state index >= 15 is 0 Å². The van der Waals surface area contributed by atoms with Gasteiger partial charge < -0.3 is 9.47 Å². The van der Waals surface area contributed by atoms with Gasteiger partial charge in [0.15, 0.2) is 0 Å². The normalized spacial score (nSPS) is 12.2. The third-order valence-corrected chi connectivity index (χ3v) is 6.25. The fourth-order valence-electron chi connectivity index (χ4n) is 4.15. The van der Waals surface area contributed by atoms with Gasteiger partial charge in [-0.3, -0.25) is 4.79 Å². The molecule has 0 unspecified atom stereocenters. The summed E-state index contributed by atoms with van der Waals surface area (Å²) < 4.78 is 2.09. The standard InChI is InChI=1S/C27H28ClN3O/c1-18-13-24-25(14-19(18)2)31(26(29-24)16-22-11-8-12-23(28)15-22)20(3)27(32)30(4)17-21-9-6-5-7-10-21/h5-15,20H,16-17H2,1-4H3/t20-/m1/s1. The first kappa shape index (κ1) is 22.1. The van der Waals surface area contributed by atoms with Crippen molar-refractivity contribution in [1.29, 1.82) is 0 Å². The molecule has 1 amide bonds. The van der Waals surface area contributed by atoms with Crippen LogP contribution in [-0.2, 0) is 17.8 Å². The van der Waals surface area contributed by atoms with Crippen molar-refractivity contribution in [1.82, 2.24) is 14.5 Å². The fourth-order valence-corrected chi connectivity index (χ4v) is 4.36. The van der Waals surface area contributed by atoms with Gasteiger partial charge in [0.1, 0.15) is 11.9 Å². The highest BCUT2D eigenvalue weighted by molar-refractivity contribution is 6.30. The number of hydrogen-bond donors (Lipinski definition) is 0. The number of hydrogen-bond acceptors (Lipinski definition) is 2. The average Bonchev–Trinajstić information content (AvgIpc) is 3.10. The van der Waals surface area contributed by atoms with E-state index in [0.717, 1.165) is 28.0 Å². The molecule has 0 bridgehead atoms. The van der Waals surface area contributed by atoms with Crippen molar-refractivity contribution in [2.24, 2.45) is 0 Å². The SMILES string of the molecule is Cc1cc2nc(Cc3cccc(Cl)c3)n([C@H](C)C(=O)N(C)Cc3ccccc3)c2cc1C. The number of fused-ring (bicyclic) bond motifs is 1. The van der Waals surface area contributed by atoms with Gasteiger partial charge in [0.05, 0.1) is 11.0 Å². The Morgan fingerprint density at radius 1 is 1.00 bits per heavy atom. The second kappa shape index (κ2) is 9.17. The minimum atomic E-state index is -0.384. The number of likely N-dealkylation sites (N-methyl/N-ethyl adjacent to an activating group) is 1. The Labute approximate surface area is 194 Å². The van der Waals surface area contributed by atoms with E-state index in [4.69, 9.17) is 16.6 Å². The summed E-state index contributed by atoms with van der Waals surface area (Å²) in [7, 11) is 1.86. The van der Waals surface area contributed by atoms with Crippen LogP contribution >= 0.6 is 11.6 Å². The molecule has 0 N–H and O–H groups in total. The molecule has 0 aliphatic rings. The number of aryl methyl sites for hydroxylation is 2. The summed E-state index contributed by atoms with van der Waals surface area (Å²) in [6, 6.07) is 21.7. The number of amides is 1. The van der Waals surface area contributed by atoms with E-state index in [1.165, 1.54) is 11.1 Å². The van der Waals surface area contributed by atoms with Gasteiger partial charge in [0, 0.05) is 25.0 Å². The summed E-state index contributed by atoms with van der Waals surface area (Å²) in [4.78, 5) is 20.2. The van der Waals surface area contributed by atoms with Crippen LogP contribution in [0.5, 0.6) is 0 Å². The van der Waals surface area contributed by atoms with E-state index in [2.05, 4.69) is 30.5 Å². The monoisotopic (exact) mass is 445 g/mol. The molecular weight excluding hydrogens is 418 g/mol. The van der Waals surface area contributed by atoms with E-state index < -0.39 is 0 Å². The first-order valence-corrected chi connectivity index (χ1v) is 11.2. The molecule has 4 rings (SSSR count). The van der Waals surface area contributed by atoms with E-state index in [9.17, 15) is 4.79 Å². The Hall–Kier alpha value is -3.11. The maximum absolute atomic E-state index is 13.5. The zero-order valence-electron chi connectivity index (χ0n) is 19.0. The lowest BCUT2D eigenvalue weighted by atomic mass is 10.1. The van der Waals surface area contributed by atoms with Crippen molar-refractivity contribution in [3.63, 3.8) is 0 Å². The van der Waals surface area contributed by atoms with Crippen LogP contribution < -0.4 is 0 Å². The summed E-state index contributed by atoms with van der Waals surface area (Å²) in [6.07, 6.45) is 0.605. The van der Waals surface area contributed by atoms with Gasteiger partial charge in [-0.15, -0.1) is 0 Å². The van der Waals surface area contributed by atoms with Crippen molar-refractivity contribution in [2.45, 2.75) is 39.8 Å². The van der Waals surface area contributed by atoms with E-state index in [0.29, 0.717) is 18.0 Å². The summed E-state index contributed by atoms with van der Waals surface area (Å²) in [5.41, 5.74) is 6.45. The minimum absolute atomic E-state index is 0.0544. The van der Waals surface area contributed by atoms with Gasteiger partial charge in [-0.2, -0.15) is 0 Å². The molecule has 1 heterocycles. The highest BCUT2D eigenvalue weighted by Gasteiger charge is 2.25. The predicted molar refractivity (Wildman–Crippen MR) is 131 cm³/mol. The molecule has 1 atom stereocenters. The van der Waals surface area contributed by atoms with Crippen molar-refractivity contribution in [3.05, 3.63) is 99.8 Å². The van der Waals surface area contributed by atoms with Gasteiger partial charge in [-0.25, -0.2) is 4.98 Å². The molecule has 3 aromatic carbocycles. The largest absolute Gasteiger partial charge is 0.340 e. The summed E-state index contributed by atoms with van der Waals surface area (Å²) >= 11 is 6.21. The van der Waals surface area contributed by atoms with Gasteiger partial charge in [0.2, 0.25) is 5.91 Å². The second-order valence-electron chi connectivity index (χ2n) is 8.49. The first-order valence-electron chi connectivity index (χ1n) is 10.8. The molecule has 32 heavy (non-hydrogen) atoms. The second-order valence-corrected chi connectivity index (χ2v) is 8.92. The number of carbonyl (C=O) groups is 1. The highest BCUT2D eigenvalue weighted by atomic mass is 35.5. The Balaban J connectivity index is 1.73. The van der Waals surface area contributed by atoms with E-state index in [-0.39, 0.29) is 11.9 Å². The lowest BCUT2D eigenvalue weighted by molar-refractivity contribution is -0.133. The lowest BCUT2D eigenvalue weighted by Gasteiger charge is -2.24. The Kier molecular flexibility index (Phi) is 6.33. The summed E-state index contributed by atoms with van der Waals surface area (Å²) in [5, 5.41) is 0.698. The Bertz CT molecular complexity index is 1260. The van der Waals surface area contributed by atoms with Crippen LogP contribution in [0.15, 0.2) is 66.7 Å². The molecule has 0 aliphatic heterocycles. The third kappa shape index (κ3) is 4.56. The number of rotatable bonds is 6. The van der Waals surface area contributed by atoms with Crippen LogP contribution in [0, 0.1) is 13.8 Å². The number of benzene rings is 3. The molecule has 0 spiro atoms. The lowest BCUT2D eigenvalue weighted by Crippen LogP contribution is -2.33. The molecule has 5 heteroatoms. The van der Waals surface area contributed by atoms with Gasteiger partial charge in [-0.05, 0) is 67.3 Å². The maximum Gasteiger partial charge on any atom is 0.245 e. The average molecular weight is 446 g/mol. The molecule has 164 valence electrons. The molecule has 0 aliphatic carbocycles. The maximum atomic E-state index is 13.5. The number of halogens is 1. The fraction of sp³-hybridized carbons (Fsp3) is 0.259. The molecular formula is C27H28ClN3O. The van der Waals surface area contributed by atoms with Crippen LogP contribution in [0.4, 0.5) is 0 Å². The van der Waals surface area contributed by atoms with Gasteiger partial charge >= 0.3 is 0 Å². The Morgan fingerprint density at radius 3 is 2.41 bits per heavy atom. The number of aromatic nitrogens is 2. The predicted octanol–water partition coefficient (Wildman–Crippen LogP) is 6.12. The summed E-state index contributed by atoms with van der Waals surface area (Å²) in [6.45, 7) is 6.71. The molecule has 1 aromatic heterocycles. The third-order valence-electron chi connectivity index (χ3n) is 6.01. The Morgan fingerprint density at radius 2 is 1.69 bits per heavy atom. The number of imidazole rings is 1. The van der Waals surface area contributed by atoms with Crippen LogP contribution in [0.2, 0.25) is 5.02 Å². The molecule has 0 saturated heterocycles. The zero-order chi connectivity index (χ0) is 22.8. The quantitative estimate of drug-likeness (QED) is 0.358. The smallest absolute Gasteiger partial charge is 0.245 e. The minimum Gasteiger partial charge on any atom is -0.340 e. The van der Waals surface area contributed by atoms with Crippen LogP contribution in [0.1, 0.15) is 41.0 Å². The van der Waals surface area contributed by atoms with Crippen molar-refractivity contribution in [2.75, 3.05) is 7.05 Å². The van der Waals surface area contributed by atoms with E-state index in [1.807, 2.05) is 68.6 Å². The van der Waals surface area contributed by atoms with Crippen LogP contribution in [0.25, 0.3) is 11.0 Å².